The molecule has 0 saturated heterocycles. The number of hydrogen-bond donors (Lipinski definition) is 0. The predicted octanol–water partition coefficient (Wildman–Crippen LogP) is 7.57. The minimum atomic E-state index is -2.79. The lowest BCUT2D eigenvalue weighted by molar-refractivity contribution is 1.17. The van der Waals surface area contributed by atoms with Crippen molar-refractivity contribution in [1.29, 1.82) is 10.5 Å². The molecule has 8 aromatic rings. The predicted molar refractivity (Wildman–Crippen MR) is 199 cm³/mol. The molecule has 0 spiro atoms. The smallest absolute Gasteiger partial charge is 0.179 e. The molecular weight excluding hydrogens is 599 g/mol. The molecule has 7 aromatic carbocycles. The third-order valence-electron chi connectivity index (χ3n) is 9.44. The highest BCUT2D eigenvalue weighted by Crippen LogP contribution is 2.34. The van der Waals surface area contributed by atoms with Gasteiger partial charge in [0.15, 0.2) is 8.07 Å². The number of para-hydroxylation sites is 2. The number of hydrogen-bond acceptors (Lipinski definition) is 2. The van der Waals surface area contributed by atoms with Crippen LogP contribution in [0, 0.1) is 22.7 Å². The number of benzene rings is 7. The fraction of sp³-hybridized carbons (Fsp3) is 0. The zero-order valence-corrected chi connectivity index (χ0v) is 27.1. The molecule has 0 N–H and O–H groups in total. The second-order valence-corrected chi connectivity index (χ2v) is 15.7. The number of nitrogens with zero attached hydrogens (tertiary/aromatic N) is 3. The van der Waals surface area contributed by atoms with Gasteiger partial charge in [0.25, 0.3) is 0 Å². The topological polar surface area (TPSA) is 52.5 Å². The van der Waals surface area contributed by atoms with Gasteiger partial charge in [0.2, 0.25) is 0 Å². The Bertz CT molecular complexity index is 2370. The summed E-state index contributed by atoms with van der Waals surface area (Å²) in [6.07, 6.45) is 0. The summed E-state index contributed by atoms with van der Waals surface area (Å²) in [5.74, 6) is 0. The van der Waals surface area contributed by atoms with E-state index in [0.717, 1.165) is 43.8 Å². The van der Waals surface area contributed by atoms with Crippen LogP contribution in [0.4, 0.5) is 0 Å². The van der Waals surface area contributed by atoms with E-state index < -0.39 is 8.07 Å². The van der Waals surface area contributed by atoms with Gasteiger partial charge in [-0.3, -0.25) is 0 Å². The van der Waals surface area contributed by atoms with Crippen molar-refractivity contribution >= 4 is 50.6 Å². The van der Waals surface area contributed by atoms with E-state index in [-0.39, 0.29) is 0 Å². The van der Waals surface area contributed by atoms with E-state index in [1.54, 1.807) is 0 Å². The van der Waals surface area contributed by atoms with Crippen molar-refractivity contribution in [1.82, 2.24) is 4.57 Å². The standard InChI is InChI=1S/C44H29N3Si/c45-30-33-29-38(48(35-14-4-1-5-15-35,36-16-6-2-7-17-36)37-18-8-3-9-19-37)25-26-39(33)32-24-27-42(34(28-32)31-46)47-43-22-12-10-20-40(43)41-21-11-13-23-44(41)47/h1-29H. The van der Waals surface area contributed by atoms with Crippen LogP contribution in [-0.2, 0) is 0 Å². The molecule has 0 radical (unpaired) electrons. The summed E-state index contributed by atoms with van der Waals surface area (Å²) in [6, 6.07) is 66.0. The molecular formula is C44H29N3Si. The molecule has 8 rings (SSSR count). The van der Waals surface area contributed by atoms with Gasteiger partial charge in [-0.05, 0) is 62.2 Å². The highest BCUT2D eigenvalue weighted by atomic mass is 28.3. The number of nitriles is 2. The van der Waals surface area contributed by atoms with Crippen LogP contribution in [0.15, 0.2) is 176 Å². The van der Waals surface area contributed by atoms with Crippen molar-refractivity contribution in [2.75, 3.05) is 0 Å². The monoisotopic (exact) mass is 627 g/mol. The summed E-state index contributed by atoms with van der Waals surface area (Å²) in [7, 11) is -2.79. The first-order valence-electron chi connectivity index (χ1n) is 16.0. The van der Waals surface area contributed by atoms with Crippen LogP contribution in [0.25, 0.3) is 38.6 Å². The molecule has 0 fully saturated rings. The van der Waals surface area contributed by atoms with Gasteiger partial charge in [0, 0.05) is 10.8 Å². The maximum absolute atomic E-state index is 10.6. The van der Waals surface area contributed by atoms with Gasteiger partial charge in [0.05, 0.1) is 33.9 Å². The van der Waals surface area contributed by atoms with E-state index in [2.05, 4.69) is 150 Å². The van der Waals surface area contributed by atoms with Crippen LogP contribution in [0.1, 0.15) is 11.1 Å². The lowest BCUT2D eigenvalue weighted by Crippen LogP contribution is -2.74. The molecule has 1 aromatic heterocycles. The Labute approximate surface area is 280 Å². The second kappa shape index (κ2) is 12.0. The summed E-state index contributed by atoms with van der Waals surface area (Å²) in [6.45, 7) is 0. The summed E-state index contributed by atoms with van der Waals surface area (Å²) in [5, 5.41) is 28.3. The van der Waals surface area contributed by atoms with Gasteiger partial charge in [0.1, 0.15) is 6.07 Å². The molecule has 4 heteroatoms. The van der Waals surface area contributed by atoms with Crippen LogP contribution < -0.4 is 20.7 Å². The average molecular weight is 628 g/mol. The quantitative estimate of drug-likeness (QED) is 0.141. The molecule has 0 aliphatic heterocycles. The Morgan fingerprint density at radius 2 is 0.896 bits per heavy atom. The van der Waals surface area contributed by atoms with Crippen molar-refractivity contribution in [3.05, 3.63) is 187 Å². The Balaban J connectivity index is 1.32. The van der Waals surface area contributed by atoms with Gasteiger partial charge in [-0.1, -0.05) is 146 Å². The average Bonchev–Trinajstić information content (AvgIpc) is 3.50. The highest BCUT2D eigenvalue weighted by Gasteiger charge is 2.41. The van der Waals surface area contributed by atoms with Gasteiger partial charge in [-0.25, -0.2) is 0 Å². The number of rotatable bonds is 6. The van der Waals surface area contributed by atoms with Crippen molar-refractivity contribution in [2.24, 2.45) is 0 Å². The summed E-state index contributed by atoms with van der Waals surface area (Å²) in [5.41, 5.74) is 5.70. The van der Waals surface area contributed by atoms with Crippen molar-refractivity contribution < 1.29 is 0 Å². The maximum atomic E-state index is 10.6. The molecule has 0 atom stereocenters. The maximum Gasteiger partial charge on any atom is 0.179 e. The first kappa shape index (κ1) is 29.0. The first-order valence-corrected chi connectivity index (χ1v) is 18.0. The molecule has 0 unspecified atom stereocenters. The largest absolute Gasteiger partial charge is 0.308 e. The van der Waals surface area contributed by atoms with Crippen LogP contribution in [0.3, 0.4) is 0 Å². The van der Waals surface area contributed by atoms with Crippen molar-refractivity contribution in [3.8, 4) is 29.0 Å². The Hall–Kier alpha value is -6.46. The Kier molecular flexibility index (Phi) is 7.27. The van der Waals surface area contributed by atoms with Crippen molar-refractivity contribution in [3.63, 3.8) is 0 Å². The fourth-order valence-electron chi connectivity index (χ4n) is 7.36. The number of fused-ring (bicyclic) bond motifs is 3. The Morgan fingerprint density at radius 1 is 0.417 bits per heavy atom. The molecule has 0 aliphatic rings. The highest BCUT2D eigenvalue weighted by molar-refractivity contribution is 7.19. The second-order valence-electron chi connectivity index (χ2n) is 11.9. The van der Waals surface area contributed by atoms with Crippen molar-refractivity contribution in [2.45, 2.75) is 0 Å². The van der Waals surface area contributed by atoms with Gasteiger partial charge >= 0.3 is 0 Å². The van der Waals surface area contributed by atoms with E-state index in [9.17, 15) is 10.5 Å². The lowest BCUT2D eigenvalue weighted by Gasteiger charge is -2.34. The molecule has 0 amide bonds. The molecule has 0 saturated carbocycles. The fourth-order valence-corrected chi connectivity index (χ4v) is 12.1. The molecule has 0 aliphatic carbocycles. The summed E-state index contributed by atoms with van der Waals surface area (Å²) in [4.78, 5) is 0. The third kappa shape index (κ3) is 4.55. The SMILES string of the molecule is N#Cc1cc([Si](c2ccccc2)(c2ccccc2)c2ccccc2)ccc1-c1ccc(-n2c3ccccc3c3ccccc32)c(C#N)c1. The summed E-state index contributed by atoms with van der Waals surface area (Å²) < 4.78 is 2.17. The third-order valence-corrected chi connectivity index (χ3v) is 14.2. The Morgan fingerprint density at radius 3 is 1.40 bits per heavy atom. The van der Waals surface area contributed by atoms with E-state index >= 15 is 0 Å². The van der Waals surface area contributed by atoms with Crippen LogP contribution in [-0.4, -0.2) is 12.6 Å². The molecule has 48 heavy (non-hydrogen) atoms. The van der Waals surface area contributed by atoms with Gasteiger partial charge in [-0.15, -0.1) is 0 Å². The lowest BCUT2D eigenvalue weighted by atomic mass is 9.98. The molecule has 1 heterocycles. The van der Waals surface area contributed by atoms with Crippen LogP contribution in [0.2, 0.25) is 0 Å². The molecule has 0 bridgehead atoms. The van der Waals surface area contributed by atoms with Crippen LogP contribution >= 0.6 is 0 Å². The molecule has 3 nitrogen and oxygen atoms in total. The van der Waals surface area contributed by atoms with E-state index in [1.165, 1.54) is 15.6 Å². The van der Waals surface area contributed by atoms with E-state index in [0.29, 0.717) is 11.1 Å². The normalized spacial score (nSPS) is 11.3. The van der Waals surface area contributed by atoms with Gasteiger partial charge < -0.3 is 4.57 Å². The van der Waals surface area contributed by atoms with Crippen LogP contribution in [0.5, 0.6) is 0 Å². The van der Waals surface area contributed by atoms with E-state index in [4.69, 9.17) is 0 Å². The van der Waals surface area contributed by atoms with E-state index in [1.807, 2.05) is 42.5 Å². The summed E-state index contributed by atoms with van der Waals surface area (Å²) >= 11 is 0. The zero-order valence-electron chi connectivity index (χ0n) is 26.1. The zero-order chi connectivity index (χ0) is 32.5. The number of aromatic nitrogens is 1. The minimum Gasteiger partial charge on any atom is -0.308 e. The minimum absolute atomic E-state index is 0.550. The first-order chi connectivity index (χ1) is 23.7. The molecule has 224 valence electrons. The van der Waals surface area contributed by atoms with Gasteiger partial charge in [-0.2, -0.15) is 10.5 Å².